The van der Waals surface area contributed by atoms with Crippen molar-refractivity contribution in [1.82, 2.24) is 0 Å². The first-order valence-electron chi connectivity index (χ1n) is 5.81. The van der Waals surface area contributed by atoms with Crippen molar-refractivity contribution in [2.24, 2.45) is 5.73 Å². The molecule has 0 heterocycles. The lowest BCUT2D eigenvalue weighted by Gasteiger charge is -2.16. The fraction of sp³-hybridized carbons (Fsp3) is 0.538. The number of hydrogen-bond donors (Lipinski definition) is 1. The maximum Gasteiger partial charge on any atom is 0.161 e. The maximum atomic E-state index is 6.17. The molecule has 0 saturated carbocycles. The second-order valence-electron chi connectivity index (χ2n) is 3.98. The van der Waals surface area contributed by atoms with Crippen LogP contribution in [0.15, 0.2) is 16.6 Å². The number of ether oxygens (including phenoxy) is 2. The van der Waals surface area contributed by atoms with Gasteiger partial charge in [0.15, 0.2) is 11.5 Å². The van der Waals surface area contributed by atoms with Gasteiger partial charge in [0.25, 0.3) is 0 Å². The summed E-state index contributed by atoms with van der Waals surface area (Å²) in [6.07, 6.45) is 3.26. The van der Waals surface area contributed by atoms with Crippen molar-refractivity contribution in [3.63, 3.8) is 0 Å². The average Bonchev–Trinajstić information content (AvgIpc) is 2.35. The molecule has 1 rings (SSSR count). The quantitative estimate of drug-likeness (QED) is 0.872. The Hall–Kier alpha value is -0.740. The summed E-state index contributed by atoms with van der Waals surface area (Å²) in [7, 11) is 3.26. The summed E-state index contributed by atoms with van der Waals surface area (Å²) >= 11 is 3.53. The Morgan fingerprint density at radius 3 is 2.35 bits per heavy atom. The maximum absolute atomic E-state index is 6.17. The molecule has 17 heavy (non-hydrogen) atoms. The summed E-state index contributed by atoms with van der Waals surface area (Å²) in [6, 6.07) is 3.88. The molecular weight excluding hydrogens is 282 g/mol. The number of nitrogens with two attached hydrogens (primary N) is 1. The molecule has 1 unspecified atom stereocenters. The van der Waals surface area contributed by atoms with Crippen LogP contribution < -0.4 is 15.2 Å². The van der Waals surface area contributed by atoms with E-state index in [9.17, 15) is 0 Å². The van der Waals surface area contributed by atoms with Crippen molar-refractivity contribution in [3.8, 4) is 11.5 Å². The van der Waals surface area contributed by atoms with Crippen LogP contribution in [-0.4, -0.2) is 14.2 Å². The highest BCUT2D eigenvalue weighted by Gasteiger charge is 2.14. The summed E-state index contributed by atoms with van der Waals surface area (Å²) in [5.74, 6) is 1.43. The van der Waals surface area contributed by atoms with Crippen LogP contribution >= 0.6 is 15.9 Å². The lowest BCUT2D eigenvalue weighted by atomic mass is 10.0. The van der Waals surface area contributed by atoms with E-state index < -0.39 is 0 Å². The van der Waals surface area contributed by atoms with Crippen LogP contribution in [0.4, 0.5) is 0 Å². The minimum absolute atomic E-state index is 0.0316. The molecule has 0 saturated heterocycles. The van der Waals surface area contributed by atoms with E-state index in [0.29, 0.717) is 5.75 Å². The van der Waals surface area contributed by atoms with Gasteiger partial charge in [-0.15, -0.1) is 0 Å². The van der Waals surface area contributed by atoms with Gasteiger partial charge in [0.2, 0.25) is 0 Å². The van der Waals surface area contributed by atoms with Crippen molar-refractivity contribution in [1.29, 1.82) is 0 Å². The molecule has 0 fully saturated rings. The SMILES string of the molecule is CCCCC(N)c1cc(OC)c(OC)cc1Br. The molecule has 0 aliphatic rings. The van der Waals surface area contributed by atoms with E-state index >= 15 is 0 Å². The molecule has 1 aromatic carbocycles. The summed E-state index contributed by atoms with van der Waals surface area (Å²) in [5.41, 5.74) is 7.24. The van der Waals surface area contributed by atoms with Crippen LogP contribution in [0, 0.1) is 0 Å². The smallest absolute Gasteiger partial charge is 0.161 e. The van der Waals surface area contributed by atoms with Crippen LogP contribution in [0.5, 0.6) is 11.5 Å². The lowest BCUT2D eigenvalue weighted by molar-refractivity contribution is 0.353. The van der Waals surface area contributed by atoms with E-state index in [4.69, 9.17) is 15.2 Å². The van der Waals surface area contributed by atoms with Crippen molar-refractivity contribution in [3.05, 3.63) is 22.2 Å². The third kappa shape index (κ3) is 3.61. The first-order chi connectivity index (χ1) is 8.13. The minimum Gasteiger partial charge on any atom is -0.493 e. The molecular formula is C13H20BrNO2. The van der Waals surface area contributed by atoms with Gasteiger partial charge in [0.05, 0.1) is 14.2 Å². The van der Waals surface area contributed by atoms with Crippen molar-refractivity contribution in [2.45, 2.75) is 32.2 Å². The zero-order chi connectivity index (χ0) is 12.8. The van der Waals surface area contributed by atoms with E-state index in [1.54, 1.807) is 14.2 Å². The van der Waals surface area contributed by atoms with Crippen molar-refractivity contribution in [2.75, 3.05) is 14.2 Å². The molecule has 0 radical (unpaired) electrons. The van der Waals surface area contributed by atoms with Gasteiger partial charge in [-0.05, 0) is 24.1 Å². The number of methoxy groups -OCH3 is 2. The number of unbranched alkanes of at least 4 members (excludes halogenated alkanes) is 1. The summed E-state index contributed by atoms with van der Waals surface area (Å²) in [6.45, 7) is 2.16. The molecule has 2 N–H and O–H groups in total. The molecule has 1 atom stereocenters. The van der Waals surface area contributed by atoms with Crippen LogP contribution in [0.1, 0.15) is 37.8 Å². The molecule has 0 bridgehead atoms. The Balaban J connectivity index is 2.99. The Morgan fingerprint density at radius 1 is 1.24 bits per heavy atom. The molecule has 0 amide bonds. The first kappa shape index (κ1) is 14.3. The fourth-order valence-corrected chi connectivity index (χ4v) is 2.35. The van der Waals surface area contributed by atoms with E-state index in [2.05, 4.69) is 22.9 Å². The van der Waals surface area contributed by atoms with Gasteiger partial charge in [-0.2, -0.15) is 0 Å². The number of halogens is 1. The van der Waals surface area contributed by atoms with Crippen LogP contribution in [-0.2, 0) is 0 Å². The molecule has 0 aliphatic heterocycles. The van der Waals surface area contributed by atoms with Gasteiger partial charge in [0, 0.05) is 10.5 Å². The predicted molar refractivity (Wildman–Crippen MR) is 73.7 cm³/mol. The first-order valence-corrected chi connectivity index (χ1v) is 6.60. The topological polar surface area (TPSA) is 44.5 Å². The van der Waals surface area contributed by atoms with Gasteiger partial charge < -0.3 is 15.2 Å². The van der Waals surface area contributed by atoms with Crippen LogP contribution in [0.3, 0.4) is 0 Å². The van der Waals surface area contributed by atoms with Gasteiger partial charge >= 0.3 is 0 Å². The zero-order valence-corrected chi connectivity index (χ0v) is 12.2. The summed E-state index contributed by atoms with van der Waals surface area (Å²) in [4.78, 5) is 0. The second kappa shape index (κ2) is 6.87. The van der Waals surface area contributed by atoms with E-state index in [1.807, 2.05) is 12.1 Å². The summed E-state index contributed by atoms with van der Waals surface area (Å²) in [5, 5.41) is 0. The highest BCUT2D eigenvalue weighted by molar-refractivity contribution is 9.10. The molecule has 0 aliphatic carbocycles. The third-order valence-electron chi connectivity index (χ3n) is 2.77. The molecule has 0 aromatic heterocycles. The summed E-state index contributed by atoms with van der Waals surface area (Å²) < 4.78 is 11.5. The van der Waals surface area contributed by atoms with Crippen LogP contribution in [0.25, 0.3) is 0 Å². The molecule has 96 valence electrons. The largest absolute Gasteiger partial charge is 0.493 e. The van der Waals surface area contributed by atoms with Gasteiger partial charge in [-0.25, -0.2) is 0 Å². The molecule has 0 spiro atoms. The molecule has 3 nitrogen and oxygen atoms in total. The number of hydrogen-bond acceptors (Lipinski definition) is 3. The van der Waals surface area contributed by atoms with Gasteiger partial charge in [-0.1, -0.05) is 35.7 Å². The number of rotatable bonds is 6. The van der Waals surface area contributed by atoms with Crippen LogP contribution in [0.2, 0.25) is 0 Å². The minimum atomic E-state index is 0.0316. The number of benzene rings is 1. The molecule has 4 heteroatoms. The van der Waals surface area contributed by atoms with E-state index in [1.165, 1.54) is 0 Å². The zero-order valence-electron chi connectivity index (χ0n) is 10.6. The fourth-order valence-electron chi connectivity index (χ4n) is 1.73. The normalized spacial score (nSPS) is 12.3. The van der Waals surface area contributed by atoms with Crippen molar-refractivity contribution < 1.29 is 9.47 Å². The van der Waals surface area contributed by atoms with E-state index in [0.717, 1.165) is 35.0 Å². The molecule has 1 aromatic rings. The van der Waals surface area contributed by atoms with E-state index in [-0.39, 0.29) is 6.04 Å². The van der Waals surface area contributed by atoms with Gasteiger partial charge in [-0.3, -0.25) is 0 Å². The Morgan fingerprint density at radius 2 is 1.82 bits per heavy atom. The Kier molecular flexibility index (Phi) is 5.78. The highest BCUT2D eigenvalue weighted by Crippen LogP contribution is 2.36. The predicted octanol–water partition coefficient (Wildman–Crippen LogP) is 3.66. The standard InChI is InChI=1S/C13H20BrNO2/c1-4-5-6-11(15)9-7-12(16-2)13(17-3)8-10(9)14/h7-8,11H,4-6,15H2,1-3H3. The van der Waals surface area contributed by atoms with Crippen molar-refractivity contribution >= 4 is 15.9 Å². The average molecular weight is 302 g/mol. The Labute approximate surface area is 111 Å². The monoisotopic (exact) mass is 301 g/mol. The highest BCUT2D eigenvalue weighted by atomic mass is 79.9. The van der Waals surface area contributed by atoms with Gasteiger partial charge in [0.1, 0.15) is 0 Å². The lowest BCUT2D eigenvalue weighted by Crippen LogP contribution is -2.11. The third-order valence-corrected chi connectivity index (χ3v) is 3.46. The Bertz CT molecular complexity index is 369. The second-order valence-corrected chi connectivity index (χ2v) is 4.83.